The van der Waals surface area contributed by atoms with Gasteiger partial charge in [-0.05, 0) is 25.2 Å². The van der Waals surface area contributed by atoms with Crippen molar-refractivity contribution in [3.63, 3.8) is 0 Å². The van der Waals surface area contributed by atoms with E-state index in [0.717, 1.165) is 31.9 Å². The summed E-state index contributed by atoms with van der Waals surface area (Å²) in [7, 11) is 3.41. The molecule has 2 rings (SSSR count). The van der Waals surface area contributed by atoms with Crippen molar-refractivity contribution in [2.24, 2.45) is 5.92 Å². The van der Waals surface area contributed by atoms with Gasteiger partial charge in [0.05, 0.1) is 13.2 Å². The fraction of sp³-hybridized carbons (Fsp3) is 0.800. The topological polar surface area (TPSA) is 81.5 Å². The van der Waals surface area contributed by atoms with E-state index in [1.807, 2.05) is 4.57 Å². The van der Waals surface area contributed by atoms with Gasteiger partial charge in [0.2, 0.25) is 0 Å². The highest BCUT2D eigenvalue weighted by molar-refractivity contribution is 5.73. The van der Waals surface area contributed by atoms with E-state index in [1.165, 1.54) is 6.42 Å². The number of urea groups is 1. The lowest BCUT2D eigenvalue weighted by Crippen LogP contribution is -2.38. The van der Waals surface area contributed by atoms with E-state index in [2.05, 4.69) is 15.5 Å². The second kappa shape index (κ2) is 9.46. The fourth-order valence-corrected chi connectivity index (χ4v) is 2.61. The van der Waals surface area contributed by atoms with Gasteiger partial charge in [0.15, 0.2) is 5.82 Å². The molecule has 1 aliphatic heterocycles. The molecule has 1 aromatic heterocycles. The zero-order chi connectivity index (χ0) is 16.5. The highest BCUT2D eigenvalue weighted by atomic mass is 16.5. The van der Waals surface area contributed by atoms with Crippen molar-refractivity contribution >= 4 is 6.03 Å². The van der Waals surface area contributed by atoms with Crippen LogP contribution < -0.4 is 5.32 Å². The molecule has 1 saturated heterocycles. The van der Waals surface area contributed by atoms with Crippen LogP contribution in [0.15, 0.2) is 6.33 Å². The highest BCUT2D eigenvalue weighted by Gasteiger charge is 2.16. The Morgan fingerprint density at radius 2 is 2.48 bits per heavy atom. The standard InChI is InChI=1S/C15H27N5O3/c1-19(10-14-18-17-12-20(14)7-9-22-2)15(21)16-6-5-13-4-3-8-23-11-13/h12-13H,3-11H2,1-2H3,(H,16,21)/t13-/m1/s1. The molecule has 8 nitrogen and oxygen atoms in total. The summed E-state index contributed by atoms with van der Waals surface area (Å²) in [6, 6.07) is -0.0944. The molecular formula is C15H27N5O3. The Labute approximate surface area is 137 Å². The molecule has 0 spiro atoms. The number of aromatic nitrogens is 3. The van der Waals surface area contributed by atoms with E-state index in [-0.39, 0.29) is 6.03 Å². The summed E-state index contributed by atoms with van der Waals surface area (Å²) in [5.74, 6) is 1.31. The first-order valence-corrected chi connectivity index (χ1v) is 8.13. The molecule has 1 atom stereocenters. The number of nitrogens with one attached hydrogen (secondary N) is 1. The number of hydrogen-bond donors (Lipinski definition) is 1. The molecule has 0 aromatic carbocycles. The molecule has 1 fully saturated rings. The van der Waals surface area contributed by atoms with Crippen molar-refractivity contribution < 1.29 is 14.3 Å². The van der Waals surface area contributed by atoms with Crippen molar-refractivity contribution in [2.75, 3.05) is 40.5 Å². The van der Waals surface area contributed by atoms with E-state index >= 15 is 0 Å². The lowest BCUT2D eigenvalue weighted by atomic mass is 9.99. The van der Waals surface area contributed by atoms with Crippen molar-refractivity contribution in [1.82, 2.24) is 25.0 Å². The number of carbonyl (C=O) groups is 1. The first-order valence-electron chi connectivity index (χ1n) is 8.13. The monoisotopic (exact) mass is 325 g/mol. The van der Waals surface area contributed by atoms with E-state index in [9.17, 15) is 4.79 Å². The van der Waals surface area contributed by atoms with Gasteiger partial charge in [0, 0.05) is 40.5 Å². The summed E-state index contributed by atoms with van der Waals surface area (Å²) in [6.07, 6.45) is 4.93. The van der Waals surface area contributed by atoms with Gasteiger partial charge in [-0.15, -0.1) is 10.2 Å². The second-order valence-electron chi connectivity index (χ2n) is 5.89. The van der Waals surface area contributed by atoms with Gasteiger partial charge in [-0.3, -0.25) is 0 Å². The SMILES string of the molecule is COCCn1cnnc1CN(C)C(=O)NCC[C@H]1CCCOC1. The zero-order valence-corrected chi connectivity index (χ0v) is 14.0. The Balaban J connectivity index is 1.70. The molecule has 0 aliphatic carbocycles. The lowest BCUT2D eigenvalue weighted by molar-refractivity contribution is 0.0519. The summed E-state index contributed by atoms with van der Waals surface area (Å²) >= 11 is 0. The van der Waals surface area contributed by atoms with Crippen LogP contribution in [-0.4, -0.2) is 66.2 Å². The van der Waals surface area contributed by atoms with Crippen LogP contribution in [0.3, 0.4) is 0 Å². The molecule has 1 aliphatic rings. The van der Waals surface area contributed by atoms with Crippen LogP contribution in [-0.2, 0) is 22.6 Å². The minimum atomic E-state index is -0.0944. The number of amides is 2. The second-order valence-corrected chi connectivity index (χ2v) is 5.89. The number of carbonyl (C=O) groups excluding carboxylic acids is 1. The number of rotatable bonds is 8. The molecule has 23 heavy (non-hydrogen) atoms. The fourth-order valence-electron chi connectivity index (χ4n) is 2.61. The normalized spacial score (nSPS) is 17.9. The third kappa shape index (κ3) is 5.80. The number of ether oxygens (including phenoxy) is 2. The smallest absolute Gasteiger partial charge is 0.317 e. The molecule has 130 valence electrons. The third-order valence-electron chi connectivity index (χ3n) is 4.04. The molecule has 0 radical (unpaired) electrons. The van der Waals surface area contributed by atoms with Crippen LogP contribution in [0.5, 0.6) is 0 Å². The minimum Gasteiger partial charge on any atom is -0.383 e. The lowest BCUT2D eigenvalue weighted by Gasteiger charge is -2.23. The Morgan fingerprint density at radius 3 is 3.22 bits per heavy atom. The van der Waals surface area contributed by atoms with Gasteiger partial charge in [0.1, 0.15) is 6.33 Å². The molecule has 1 aromatic rings. The Kier molecular flexibility index (Phi) is 7.28. The first kappa shape index (κ1) is 17.7. The van der Waals surface area contributed by atoms with Gasteiger partial charge in [-0.2, -0.15) is 0 Å². The Bertz CT molecular complexity index is 473. The maximum Gasteiger partial charge on any atom is 0.317 e. The number of nitrogens with zero attached hydrogens (tertiary/aromatic N) is 4. The Morgan fingerprint density at radius 1 is 1.61 bits per heavy atom. The number of hydrogen-bond acceptors (Lipinski definition) is 5. The summed E-state index contributed by atoms with van der Waals surface area (Å²) in [6.45, 7) is 4.04. The molecule has 0 unspecified atom stereocenters. The van der Waals surface area contributed by atoms with E-state index in [1.54, 1.807) is 25.4 Å². The van der Waals surface area contributed by atoms with Crippen molar-refractivity contribution in [3.8, 4) is 0 Å². The van der Waals surface area contributed by atoms with Crippen molar-refractivity contribution in [1.29, 1.82) is 0 Å². The van der Waals surface area contributed by atoms with Crippen LogP contribution in [0.4, 0.5) is 4.79 Å². The zero-order valence-electron chi connectivity index (χ0n) is 14.0. The maximum absolute atomic E-state index is 12.1. The van der Waals surface area contributed by atoms with Gasteiger partial charge >= 0.3 is 6.03 Å². The highest BCUT2D eigenvalue weighted by Crippen LogP contribution is 2.16. The van der Waals surface area contributed by atoms with Gasteiger partial charge in [-0.25, -0.2) is 4.79 Å². The van der Waals surface area contributed by atoms with E-state index in [0.29, 0.717) is 32.2 Å². The largest absolute Gasteiger partial charge is 0.383 e. The van der Waals surface area contributed by atoms with Gasteiger partial charge < -0.3 is 24.3 Å². The molecule has 8 heteroatoms. The molecule has 1 N–H and O–H groups in total. The summed E-state index contributed by atoms with van der Waals surface area (Å²) in [4.78, 5) is 13.8. The van der Waals surface area contributed by atoms with Crippen LogP contribution >= 0.6 is 0 Å². The van der Waals surface area contributed by atoms with Crippen LogP contribution in [0.2, 0.25) is 0 Å². The Hall–Kier alpha value is -1.67. The summed E-state index contributed by atoms with van der Waals surface area (Å²) in [5.41, 5.74) is 0. The average Bonchev–Trinajstić information content (AvgIpc) is 3.00. The molecule has 2 heterocycles. The van der Waals surface area contributed by atoms with Crippen molar-refractivity contribution in [3.05, 3.63) is 12.2 Å². The number of methoxy groups -OCH3 is 1. The van der Waals surface area contributed by atoms with Crippen LogP contribution in [0.1, 0.15) is 25.1 Å². The van der Waals surface area contributed by atoms with Crippen LogP contribution in [0.25, 0.3) is 0 Å². The predicted molar refractivity (Wildman–Crippen MR) is 84.9 cm³/mol. The summed E-state index contributed by atoms with van der Waals surface area (Å²) < 4.78 is 12.4. The van der Waals surface area contributed by atoms with Gasteiger partial charge in [0.25, 0.3) is 0 Å². The van der Waals surface area contributed by atoms with Crippen LogP contribution in [0, 0.1) is 5.92 Å². The predicted octanol–water partition coefficient (Wildman–Crippen LogP) is 0.883. The first-order chi connectivity index (χ1) is 11.2. The third-order valence-corrected chi connectivity index (χ3v) is 4.04. The van der Waals surface area contributed by atoms with Gasteiger partial charge in [-0.1, -0.05) is 0 Å². The van der Waals surface area contributed by atoms with Crippen molar-refractivity contribution in [2.45, 2.75) is 32.4 Å². The quantitative estimate of drug-likeness (QED) is 0.767. The molecule has 0 bridgehead atoms. The van der Waals surface area contributed by atoms with E-state index < -0.39 is 0 Å². The summed E-state index contributed by atoms with van der Waals surface area (Å²) in [5, 5.41) is 10.9. The molecule has 2 amide bonds. The maximum atomic E-state index is 12.1. The van der Waals surface area contributed by atoms with E-state index in [4.69, 9.17) is 9.47 Å². The molecular weight excluding hydrogens is 298 g/mol. The molecule has 0 saturated carbocycles. The minimum absolute atomic E-state index is 0.0944. The average molecular weight is 325 g/mol.